The van der Waals surface area contributed by atoms with Crippen molar-refractivity contribution >= 4 is 11.6 Å². The molecule has 1 unspecified atom stereocenters. The molecule has 1 heterocycles. The molecule has 5 nitrogen and oxygen atoms in total. The van der Waals surface area contributed by atoms with E-state index in [2.05, 4.69) is 58.5 Å². The summed E-state index contributed by atoms with van der Waals surface area (Å²) in [7, 11) is 0. The Morgan fingerprint density at radius 2 is 1.92 bits per heavy atom. The number of aliphatic hydroxyl groups is 1. The first kappa shape index (κ1) is 18.4. The molecule has 138 valence electrons. The van der Waals surface area contributed by atoms with Crippen LogP contribution in [0.1, 0.15) is 23.6 Å². The third-order valence-corrected chi connectivity index (χ3v) is 4.79. The highest BCUT2D eigenvalue weighted by Crippen LogP contribution is 2.18. The summed E-state index contributed by atoms with van der Waals surface area (Å²) >= 11 is 0. The second-order valence-electron chi connectivity index (χ2n) is 6.81. The smallest absolute Gasteiger partial charge is 0.193 e. The number of hydrogen-bond donors (Lipinski definition) is 3. The normalized spacial score (nSPS) is 16.2. The van der Waals surface area contributed by atoms with Gasteiger partial charge in [0, 0.05) is 25.3 Å². The van der Waals surface area contributed by atoms with Gasteiger partial charge < -0.3 is 16.2 Å². The van der Waals surface area contributed by atoms with Crippen molar-refractivity contribution in [3.05, 3.63) is 65.2 Å². The molecular weight excluding hydrogens is 324 g/mol. The topological polar surface area (TPSA) is 73.9 Å². The fraction of sp³-hybridized carbons (Fsp3) is 0.381. The van der Waals surface area contributed by atoms with Crippen LogP contribution in [-0.2, 0) is 19.4 Å². The van der Waals surface area contributed by atoms with Crippen LogP contribution >= 0.6 is 0 Å². The number of nitrogens with one attached hydrogen (secondary N) is 1. The Morgan fingerprint density at radius 3 is 2.65 bits per heavy atom. The van der Waals surface area contributed by atoms with Crippen LogP contribution in [-0.4, -0.2) is 41.7 Å². The van der Waals surface area contributed by atoms with Gasteiger partial charge in [0.25, 0.3) is 0 Å². The fourth-order valence-corrected chi connectivity index (χ4v) is 3.28. The fourth-order valence-electron chi connectivity index (χ4n) is 3.28. The number of nitrogens with two attached hydrogens (primary N) is 1. The molecule has 0 radical (unpaired) electrons. The van der Waals surface area contributed by atoms with Gasteiger partial charge in [-0.25, -0.2) is 0 Å². The molecule has 0 aromatic heterocycles. The number of guanidine groups is 1. The minimum Gasteiger partial charge on any atom is -0.390 e. The number of hydrogen-bond acceptors (Lipinski definition) is 3. The van der Waals surface area contributed by atoms with Gasteiger partial charge in [0.2, 0.25) is 0 Å². The summed E-state index contributed by atoms with van der Waals surface area (Å²) in [5.74, 6) is 0.331. The molecule has 0 spiro atoms. The van der Waals surface area contributed by atoms with Gasteiger partial charge in [0.05, 0.1) is 12.6 Å². The molecule has 2 aromatic rings. The van der Waals surface area contributed by atoms with E-state index >= 15 is 0 Å². The monoisotopic (exact) mass is 352 g/mol. The summed E-state index contributed by atoms with van der Waals surface area (Å²) in [5, 5.41) is 13.4. The number of benzene rings is 2. The van der Waals surface area contributed by atoms with Crippen LogP contribution in [0.5, 0.6) is 0 Å². The van der Waals surface area contributed by atoms with Crippen LogP contribution in [0, 0.1) is 0 Å². The van der Waals surface area contributed by atoms with Gasteiger partial charge in [-0.1, -0.05) is 43.3 Å². The highest BCUT2D eigenvalue weighted by Gasteiger charge is 2.18. The summed E-state index contributed by atoms with van der Waals surface area (Å²) in [5.41, 5.74) is 10.9. The molecule has 1 aliphatic heterocycles. The van der Waals surface area contributed by atoms with Crippen LogP contribution < -0.4 is 11.1 Å². The molecule has 2 aromatic carbocycles. The second-order valence-corrected chi connectivity index (χ2v) is 6.81. The predicted octanol–water partition coefficient (Wildman–Crippen LogP) is 2.39. The quantitative estimate of drug-likeness (QED) is 0.551. The lowest BCUT2D eigenvalue weighted by Gasteiger charge is -2.30. The van der Waals surface area contributed by atoms with Crippen molar-refractivity contribution in [3.63, 3.8) is 0 Å². The molecule has 4 N–H and O–H groups in total. The van der Waals surface area contributed by atoms with Crippen molar-refractivity contribution in [2.45, 2.75) is 32.4 Å². The highest BCUT2D eigenvalue weighted by molar-refractivity contribution is 5.92. The summed E-state index contributed by atoms with van der Waals surface area (Å²) in [6, 6.07) is 16.6. The van der Waals surface area contributed by atoms with E-state index in [-0.39, 0.29) is 0 Å². The van der Waals surface area contributed by atoms with Crippen molar-refractivity contribution in [1.82, 2.24) is 4.90 Å². The lowest BCUT2D eigenvalue weighted by molar-refractivity contribution is 0.112. The van der Waals surface area contributed by atoms with Gasteiger partial charge in [-0.15, -0.1) is 0 Å². The molecule has 0 amide bonds. The number of fused-ring (bicyclic) bond motifs is 1. The van der Waals surface area contributed by atoms with Crippen molar-refractivity contribution in [2.75, 3.05) is 25.0 Å². The van der Waals surface area contributed by atoms with E-state index in [9.17, 15) is 5.11 Å². The molecule has 0 aliphatic carbocycles. The Kier molecular flexibility index (Phi) is 6.26. The maximum atomic E-state index is 10.3. The number of rotatable bonds is 6. The van der Waals surface area contributed by atoms with Gasteiger partial charge in [-0.05, 0) is 41.7 Å². The summed E-state index contributed by atoms with van der Waals surface area (Å²) < 4.78 is 0. The average Bonchev–Trinajstić information content (AvgIpc) is 2.67. The Balaban J connectivity index is 1.47. The third-order valence-electron chi connectivity index (χ3n) is 4.79. The van der Waals surface area contributed by atoms with Crippen LogP contribution in [0.25, 0.3) is 0 Å². The van der Waals surface area contributed by atoms with E-state index in [1.807, 2.05) is 12.1 Å². The maximum absolute atomic E-state index is 10.3. The molecule has 26 heavy (non-hydrogen) atoms. The van der Waals surface area contributed by atoms with Gasteiger partial charge in [0.15, 0.2) is 5.96 Å². The first-order chi connectivity index (χ1) is 12.6. The predicted molar refractivity (Wildman–Crippen MR) is 107 cm³/mol. The van der Waals surface area contributed by atoms with Gasteiger partial charge >= 0.3 is 0 Å². The largest absolute Gasteiger partial charge is 0.390 e. The number of anilines is 1. The van der Waals surface area contributed by atoms with Crippen molar-refractivity contribution in [3.8, 4) is 0 Å². The van der Waals surface area contributed by atoms with Crippen LogP contribution in [0.3, 0.4) is 0 Å². The molecule has 3 rings (SSSR count). The summed E-state index contributed by atoms with van der Waals surface area (Å²) in [6.07, 6.45) is 1.52. The van der Waals surface area contributed by atoms with E-state index in [0.29, 0.717) is 19.0 Å². The van der Waals surface area contributed by atoms with E-state index in [0.717, 1.165) is 31.6 Å². The van der Waals surface area contributed by atoms with Crippen molar-refractivity contribution < 1.29 is 5.11 Å². The Hall–Kier alpha value is -2.37. The molecule has 1 atom stereocenters. The second kappa shape index (κ2) is 8.83. The zero-order valence-corrected chi connectivity index (χ0v) is 15.4. The minimum absolute atomic E-state index is 0.296. The molecule has 0 saturated heterocycles. The number of nitrogens with zero attached hydrogens (tertiary/aromatic N) is 2. The summed E-state index contributed by atoms with van der Waals surface area (Å²) in [6.45, 7) is 4.88. The van der Waals surface area contributed by atoms with E-state index < -0.39 is 6.10 Å². The third kappa shape index (κ3) is 5.07. The molecule has 1 aliphatic rings. The molecular formula is C21H28N4O. The van der Waals surface area contributed by atoms with Crippen molar-refractivity contribution in [2.24, 2.45) is 10.7 Å². The van der Waals surface area contributed by atoms with Crippen LogP contribution in [0.2, 0.25) is 0 Å². The Morgan fingerprint density at radius 1 is 1.19 bits per heavy atom. The lowest BCUT2D eigenvalue weighted by Crippen LogP contribution is -2.38. The molecule has 0 bridgehead atoms. The van der Waals surface area contributed by atoms with Crippen LogP contribution in [0.4, 0.5) is 5.69 Å². The standard InChI is InChI=1S/C21H28N4O/c1-2-16-7-9-19(10-8-16)24-21(22)23-13-20(26)15-25-12-11-17-5-3-4-6-18(17)14-25/h3-10,20,26H,2,11-15H2,1H3,(H3,22,23,24). The Labute approximate surface area is 155 Å². The van der Waals surface area contributed by atoms with Gasteiger partial charge in [-0.2, -0.15) is 0 Å². The number of aryl methyl sites for hydroxylation is 1. The first-order valence-corrected chi connectivity index (χ1v) is 9.27. The zero-order valence-electron chi connectivity index (χ0n) is 15.4. The maximum Gasteiger partial charge on any atom is 0.193 e. The van der Waals surface area contributed by atoms with Crippen LogP contribution in [0.15, 0.2) is 53.5 Å². The summed E-state index contributed by atoms with van der Waals surface area (Å²) in [4.78, 5) is 6.55. The molecule has 0 saturated carbocycles. The van der Waals surface area contributed by atoms with Gasteiger partial charge in [0.1, 0.15) is 0 Å². The highest BCUT2D eigenvalue weighted by atomic mass is 16.3. The van der Waals surface area contributed by atoms with Gasteiger partial charge in [-0.3, -0.25) is 9.89 Å². The average molecular weight is 352 g/mol. The number of β-amino-alcohol motifs (C(OH)–C–C–N with tert-alkyl or cyclic N) is 1. The van der Waals surface area contributed by atoms with E-state index in [1.54, 1.807) is 0 Å². The Bertz CT molecular complexity index is 742. The molecule has 5 heteroatoms. The molecule has 0 fully saturated rings. The first-order valence-electron chi connectivity index (χ1n) is 9.27. The lowest BCUT2D eigenvalue weighted by atomic mass is 10.00. The number of aliphatic hydroxyl groups excluding tert-OH is 1. The van der Waals surface area contributed by atoms with Crippen molar-refractivity contribution in [1.29, 1.82) is 0 Å². The van der Waals surface area contributed by atoms with E-state index in [1.165, 1.54) is 16.7 Å². The number of aliphatic imine (C=N–C) groups is 1. The SMILES string of the molecule is CCc1ccc(NC(N)=NCC(O)CN2CCc3ccccc3C2)cc1. The van der Waals surface area contributed by atoms with E-state index in [4.69, 9.17) is 5.73 Å². The minimum atomic E-state index is -0.525. The zero-order chi connectivity index (χ0) is 18.4.